The zero-order chi connectivity index (χ0) is 21.4. The molecular weight excluding hydrogens is 406 g/mol. The fraction of sp³-hybridized carbons (Fsp3) is 0.682. The van der Waals surface area contributed by atoms with Crippen LogP contribution in [0, 0.1) is 5.92 Å². The van der Waals surface area contributed by atoms with E-state index in [0.717, 1.165) is 42.5 Å². The molecule has 9 heteroatoms. The summed E-state index contributed by atoms with van der Waals surface area (Å²) in [6.45, 7) is 1.24. The lowest BCUT2D eigenvalue weighted by atomic mass is 9.78. The van der Waals surface area contributed by atoms with Gasteiger partial charge in [-0.15, -0.1) is 0 Å². The van der Waals surface area contributed by atoms with Crippen molar-refractivity contribution in [1.29, 1.82) is 0 Å². The van der Waals surface area contributed by atoms with Crippen LogP contribution in [0.5, 0.6) is 0 Å². The third-order valence-electron chi connectivity index (χ3n) is 6.91. The van der Waals surface area contributed by atoms with Gasteiger partial charge in [-0.2, -0.15) is 0 Å². The fourth-order valence-corrected chi connectivity index (χ4v) is 5.31. The van der Waals surface area contributed by atoms with Crippen LogP contribution in [0.25, 0.3) is 0 Å². The number of fused-ring (bicyclic) bond motifs is 4. The van der Waals surface area contributed by atoms with Gasteiger partial charge >= 0.3 is 6.09 Å². The highest BCUT2D eigenvalue weighted by Crippen LogP contribution is 2.41. The zero-order valence-electron chi connectivity index (χ0n) is 17.5. The standard InChI is InChI=1S/C22H30F2N4O3/c23-22(24)4-6-28(13-22)16-9-14-8-15(10-16)20-18-11-17(2-3-19(18)26-27-20)30-7-1-5-25-21(29)31-12-14/h8-10,17-20,26-27H,1-7,11-13H2,(H,25,29). The molecule has 1 aromatic rings. The third kappa shape index (κ3) is 4.63. The molecule has 7 nitrogen and oxygen atoms in total. The minimum Gasteiger partial charge on any atom is -0.445 e. The first kappa shape index (κ1) is 20.9. The summed E-state index contributed by atoms with van der Waals surface area (Å²) in [6, 6.07) is 6.31. The average Bonchev–Trinajstić information content (AvgIpc) is 3.34. The van der Waals surface area contributed by atoms with Crippen LogP contribution in [0.2, 0.25) is 0 Å². The molecule has 1 amide bonds. The molecule has 1 aliphatic carbocycles. The van der Waals surface area contributed by atoms with Crippen LogP contribution < -0.4 is 21.1 Å². The number of carbonyl (C=O) groups is 1. The van der Waals surface area contributed by atoms with Gasteiger partial charge < -0.3 is 19.7 Å². The van der Waals surface area contributed by atoms with Crippen LogP contribution in [-0.2, 0) is 16.1 Å². The van der Waals surface area contributed by atoms with E-state index in [4.69, 9.17) is 9.47 Å². The quantitative estimate of drug-likeness (QED) is 0.629. The number of nitrogens with zero attached hydrogens (tertiary/aromatic N) is 1. The number of alkyl halides is 2. The second kappa shape index (κ2) is 8.52. The Morgan fingerprint density at radius 2 is 2.06 bits per heavy atom. The predicted octanol–water partition coefficient (Wildman–Crippen LogP) is 2.86. The predicted molar refractivity (Wildman–Crippen MR) is 111 cm³/mol. The van der Waals surface area contributed by atoms with Crippen molar-refractivity contribution in [3.63, 3.8) is 0 Å². The smallest absolute Gasteiger partial charge is 0.407 e. The van der Waals surface area contributed by atoms with E-state index in [2.05, 4.69) is 16.2 Å². The Morgan fingerprint density at radius 3 is 2.90 bits per heavy atom. The molecular formula is C22H30F2N4O3. The number of ether oxygens (including phenoxy) is 2. The van der Waals surface area contributed by atoms with Gasteiger partial charge in [-0.25, -0.2) is 19.0 Å². The number of nitrogens with one attached hydrogen (secondary N) is 3. The Kier molecular flexibility index (Phi) is 5.75. The monoisotopic (exact) mass is 436 g/mol. The van der Waals surface area contributed by atoms with E-state index in [0.29, 0.717) is 31.7 Å². The zero-order valence-corrected chi connectivity index (χ0v) is 17.5. The lowest BCUT2D eigenvalue weighted by Crippen LogP contribution is -2.37. The van der Waals surface area contributed by atoms with Crippen molar-refractivity contribution in [2.24, 2.45) is 5.92 Å². The molecule has 1 saturated carbocycles. The SMILES string of the molecule is O=C1NCCCOC2CCC3NNC(c4cc(cc(N5CCC(F)(F)C5)c4)CO1)C3C2. The number of anilines is 1. The van der Waals surface area contributed by atoms with Crippen molar-refractivity contribution >= 4 is 11.8 Å². The average molecular weight is 437 g/mol. The number of alkyl carbamates (subject to hydrolysis) is 1. The molecule has 0 aromatic heterocycles. The molecule has 3 N–H and O–H groups in total. The maximum atomic E-state index is 13.9. The summed E-state index contributed by atoms with van der Waals surface area (Å²) in [7, 11) is 0. The number of hydrogen-bond donors (Lipinski definition) is 3. The summed E-state index contributed by atoms with van der Waals surface area (Å²) in [5.74, 6) is -2.32. The van der Waals surface area contributed by atoms with Gasteiger partial charge in [0.15, 0.2) is 0 Å². The van der Waals surface area contributed by atoms with Crippen molar-refractivity contribution in [1.82, 2.24) is 16.2 Å². The molecule has 0 radical (unpaired) electrons. The van der Waals surface area contributed by atoms with Gasteiger partial charge in [0.05, 0.1) is 18.7 Å². The highest BCUT2D eigenvalue weighted by molar-refractivity contribution is 5.67. The Labute approximate surface area is 180 Å². The van der Waals surface area contributed by atoms with Crippen molar-refractivity contribution in [3.05, 3.63) is 29.3 Å². The normalized spacial score (nSPS) is 33.2. The molecule has 4 atom stereocenters. The second-order valence-electron chi connectivity index (χ2n) is 9.16. The molecule has 1 aromatic carbocycles. The van der Waals surface area contributed by atoms with Crippen LogP contribution in [-0.4, -0.2) is 50.4 Å². The Hall–Kier alpha value is -1.97. The summed E-state index contributed by atoms with van der Waals surface area (Å²) in [5.41, 5.74) is 9.46. The summed E-state index contributed by atoms with van der Waals surface area (Å²) >= 11 is 0. The maximum absolute atomic E-state index is 13.9. The Bertz CT molecular complexity index is 824. The number of halogens is 2. The van der Waals surface area contributed by atoms with Gasteiger partial charge in [0.2, 0.25) is 0 Å². The summed E-state index contributed by atoms with van der Waals surface area (Å²) in [5, 5.41) is 2.75. The second-order valence-corrected chi connectivity index (χ2v) is 9.16. The van der Waals surface area contributed by atoms with Gasteiger partial charge in [0.1, 0.15) is 6.61 Å². The first-order valence-electron chi connectivity index (χ1n) is 11.3. The molecule has 2 saturated heterocycles. The number of cyclic esters (lactones) is 1. The molecule has 3 aliphatic heterocycles. The van der Waals surface area contributed by atoms with Crippen LogP contribution in [0.15, 0.2) is 18.2 Å². The highest BCUT2D eigenvalue weighted by atomic mass is 19.3. The maximum Gasteiger partial charge on any atom is 0.407 e. The van der Waals surface area contributed by atoms with E-state index in [1.807, 2.05) is 18.2 Å². The number of hydrogen-bond acceptors (Lipinski definition) is 6. The molecule has 4 unspecified atom stereocenters. The van der Waals surface area contributed by atoms with Crippen molar-refractivity contribution in [2.75, 3.05) is 31.1 Å². The van der Waals surface area contributed by atoms with Crippen LogP contribution in [0.4, 0.5) is 19.3 Å². The minimum absolute atomic E-state index is 0.0529. The lowest BCUT2D eigenvalue weighted by molar-refractivity contribution is 0.00715. The summed E-state index contributed by atoms with van der Waals surface area (Å²) in [6.07, 6.45) is 3.30. The Balaban J connectivity index is 1.46. The van der Waals surface area contributed by atoms with Crippen LogP contribution in [0.3, 0.4) is 0 Å². The number of hydrazine groups is 1. The number of carbonyl (C=O) groups excluding carboxylic acids is 1. The van der Waals surface area contributed by atoms with Crippen molar-refractivity contribution in [2.45, 2.75) is 62.8 Å². The van der Waals surface area contributed by atoms with E-state index in [1.54, 1.807) is 4.90 Å². The van der Waals surface area contributed by atoms with Crippen molar-refractivity contribution < 1.29 is 23.0 Å². The van der Waals surface area contributed by atoms with E-state index in [1.165, 1.54) is 0 Å². The van der Waals surface area contributed by atoms with Gasteiger partial charge in [0.25, 0.3) is 5.92 Å². The fourth-order valence-electron chi connectivity index (χ4n) is 5.31. The molecule has 31 heavy (non-hydrogen) atoms. The first-order chi connectivity index (χ1) is 15.0. The third-order valence-corrected chi connectivity index (χ3v) is 6.91. The Morgan fingerprint density at radius 1 is 1.16 bits per heavy atom. The molecule has 170 valence electrons. The molecule has 4 aliphatic rings. The molecule has 4 bridgehead atoms. The summed E-state index contributed by atoms with van der Waals surface area (Å²) in [4.78, 5) is 13.8. The topological polar surface area (TPSA) is 74.9 Å². The van der Waals surface area contributed by atoms with Gasteiger partial charge in [-0.05, 0) is 54.9 Å². The van der Waals surface area contributed by atoms with Crippen LogP contribution in [0.1, 0.15) is 49.3 Å². The summed E-state index contributed by atoms with van der Waals surface area (Å²) < 4.78 is 39.2. The molecule has 0 spiro atoms. The van der Waals surface area contributed by atoms with E-state index < -0.39 is 12.0 Å². The van der Waals surface area contributed by atoms with Gasteiger partial charge in [-0.3, -0.25) is 5.43 Å². The largest absolute Gasteiger partial charge is 0.445 e. The lowest BCUT2D eigenvalue weighted by Gasteiger charge is -2.33. The number of rotatable bonds is 1. The molecule has 3 fully saturated rings. The molecule has 5 rings (SSSR count). The van der Waals surface area contributed by atoms with E-state index in [9.17, 15) is 13.6 Å². The van der Waals surface area contributed by atoms with Gasteiger partial charge in [0, 0.05) is 37.8 Å². The van der Waals surface area contributed by atoms with E-state index in [-0.39, 0.29) is 31.7 Å². The van der Waals surface area contributed by atoms with Gasteiger partial charge in [-0.1, -0.05) is 6.07 Å². The highest BCUT2D eigenvalue weighted by Gasteiger charge is 2.42. The van der Waals surface area contributed by atoms with E-state index >= 15 is 0 Å². The number of amides is 1. The first-order valence-corrected chi connectivity index (χ1v) is 11.3. The van der Waals surface area contributed by atoms with Crippen LogP contribution >= 0.6 is 0 Å². The minimum atomic E-state index is -2.67. The molecule has 3 heterocycles. The number of benzene rings is 1. The van der Waals surface area contributed by atoms with Crippen molar-refractivity contribution in [3.8, 4) is 0 Å².